The normalized spacial score (nSPS) is 22.6. The second-order valence-corrected chi connectivity index (χ2v) is 4.00. The van der Waals surface area contributed by atoms with E-state index in [1.165, 1.54) is 0 Å². The van der Waals surface area contributed by atoms with E-state index in [1.807, 2.05) is 26.0 Å². The third-order valence-electron chi connectivity index (χ3n) is 2.50. The number of nitrogens with two attached hydrogens (primary N) is 1. The molecule has 0 fully saturated rings. The molecule has 1 amide bonds. The van der Waals surface area contributed by atoms with Gasteiger partial charge in [-0.1, -0.05) is 18.2 Å². The molecule has 1 aliphatic rings. The SMILES string of the molecule is CC1(C)Oc2[c]cccc2C1C(N)=O. The van der Waals surface area contributed by atoms with Crippen LogP contribution in [0.4, 0.5) is 0 Å². The van der Waals surface area contributed by atoms with Crippen LogP contribution in [0.3, 0.4) is 0 Å². The number of rotatable bonds is 1. The van der Waals surface area contributed by atoms with Crippen LogP contribution in [0.1, 0.15) is 25.3 Å². The van der Waals surface area contributed by atoms with Gasteiger partial charge in [-0.15, -0.1) is 0 Å². The van der Waals surface area contributed by atoms with Gasteiger partial charge < -0.3 is 10.5 Å². The van der Waals surface area contributed by atoms with E-state index in [0.717, 1.165) is 5.56 Å². The molecule has 0 saturated carbocycles. The lowest BCUT2D eigenvalue weighted by molar-refractivity contribution is -0.122. The summed E-state index contributed by atoms with van der Waals surface area (Å²) in [5.74, 6) is -0.0930. The predicted molar refractivity (Wildman–Crippen MR) is 51.9 cm³/mol. The molecule has 1 aromatic carbocycles. The highest BCUT2D eigenvalue weighted by Gasteiger charge is 2.44. The monoisotopic (exact) mass is 190 g/mol. The number of amides is 1. The molecule has 3 nitrogen and oxygen atoms in total. The van der Waals surface area contributed by atoms with Crippen molar-refractivity contribution in [3.63, 3.8) is 0 Å². The fourth-order valence-corrected chi connectivity index (χ4v) is 1.94. The Labute approximate surface area is 82.9 Å². The lowest BCUT2D eigenvalue weighted by atomic mass is 9.86. The first-order valence-electron chi connectivity index (χ1n) is 4.51. The van der Waals surface area contributed by atoms with Crippen molar-refractivity contribution in [1.29, 1.82) is 0 Å². The van der Waals surface area contributed by atoms with Crippen molar-refractivity contribution in [2.45, 2.75) is 25.4 Å². The van der Waals surface area contributed by atoms with Crippen LogP contribution in [-0.4, -0.2) is 11.5 Å². The lowest BCUT2D eigenvalue weighted by Gasteiger charge is -2.23. The first-order valence-corrected chi connectivity index (χ1v) is 4.51. The molecule has 3 heteroatoms. The summed E-state index contributed by atoms with van der Waals surface area (Å²) in [6, 6.07) is 8.41. The first kappa shape index (κ1) is 9.06. The van der Waals surface area contributed by atoms with Crippen molar-refractivity contribution in [2.75, 3.05) is 0 Å². The summed E-state index contributed by atoms with van der Waals surface area (Å²) >= 11 is 0. The Morgan fingerprint density at radius 3 is 3.00 bits per heavy atom. The van der Waals surface area contributed by atoms with Gasteiger partial charge in [0.25, 0.3) is 0 Å². The number of hydrogen-bond donors (Lipinski definition) is 1. The van der Waals surface area contributed by atoms with Crippen molar-refractivity contribution in [3.8, 4) is 5.75 Å². The Morgan fingerprint density at radius 1 is 1.64 bits per heavy atom. The molecule has 2 N–H and O–H groups in total. The zero-order valence-electron chi connectivity index (χ0n) is 8.20. The Morgan fingerprint density at radius 2 is 2.36 bits per heavy atom. The second-order valence-electron chi connectivity index (χ2n) is 4.00. The number of hydrogen-bond acceptors (Lipinski definition) is 2. The van der Waals surface area contributed by atoms with Crippen molar-refractivity contribution in [2.24, 2.45) is 5.73 Å². The number of fused-ring (bicyclic) bond motifs is 1. The quantitative estimate of drug-likeness (QED) is 0.724. The van der Waals surface area contributed by atoms with Gasteiger partial charge in [0.05, 0.1) is 0 Å². The summed E-state index contributed by atoms with van der Waals surface area (Å²) in [5, 5.41) is 0. The fraction of sp³-hybridized carbons (Fsp3) is 0.364. The Kier molecular flexibility index (Phi) is 1.77. The second kappa shape index (κ2) is 2.74. The summed E-state index contributed by atoms with van der Waals surface area (Å²) in [5.41, 5.74) is 5.63. The molecule has 1 aromatic rings. The minimum Gasteiger partial charge on any atom is -0.486 e. The summed E-state index contributed by atoms with van der Waals surface area (Å²) in [7, 11) is 0. The molecule has 1 aliphatic heterocycles. The molecule has 73 valence electrons. The van der Waals surface area contributed by atoms with Crippen LogP contribution < -0.4 is 10.5 Å². The molecule has 1 heterocycles. The minimum absolute atomic E-state index is 0.353. The molecule has 1 atom stereocenters. The number of carbonyl (C=O) groups is 1. The zero-order valence-corrected chi connectivity index (χ0v) is 8.20. The van der Waals surface area contributed by atoms with E-state index >= 15 is 0 Å². The van der Waals surface area contributed by atoms with E-state index in [2.05, 4.69) is 6.07 Å². The fourth-order valence-electron chi connectivity index (χ4n) is 1.94. The van der Waals surface area contributed by atoms with E-state index in [0.29, 0.717) is 5.75 Å². The van der Waals surface area contributed by atoms with Gasteiger partial charge in [-0.3, -0.25) is 4.79 Å². The van der Waals surface area contributed by atoms with Crippen molar-refractivity contribution in [3.05, 3.63) is 29.8 Å². The van der Waals surface area contributed by atoms with Gasteiger partial charge >= 0.3 is 0 Å². The molecule has 0 aliphatic carbocycles. The van der Waals surface area contributed by atoms with E-state index in [9.17, 15) is 4.79 Å². The number of benzene rings is 1. The third-order valence-corrected chi connectivity index (χ3v) is 2.50. The van der Waals surface area contributed by atoms with Crippen LogP contribution in [0.25, 0.3) is 0 Å². The lowest BCUT2D eigenvalue weighted by Crippen LogP contribution is -2.38. The number of para-hydroxylation sites is 1. The van der Waals surface area contributed by atoms with Gasteiger partial charge in [0.15, 0.2) is 0 Å². The third kappa shape index (κ3) is 1.16. The average Bonchev–Trinajstić information content (AvgIpc) is 2.33. The van der Waals surface area contributed by atoms with Crippen molar-refractivity contribution in [1.82, 2.24) is 0 Å². The van der Waals surface area contributed by atoms with E-state index in [-0.39, 0.29) is 11.8 Å². The molecule has 0 aromatic heterocycles. The molecule has 1 unspecified atom stereocenters. The molecule has 2 rings (SSSR count). The van der Waals surface area contributed by atoms with Crippen LogP contribution in [0, 0.1) is 6.07 Å². The molecular formula is C11H12NO2. The predicted octanol–water partition coefficient (Wildman–Crippen LogP) is 1.23. The highest BCUT2D eigenvalue weighted by atomic mass is 16.5. The minimum atomic E-state index is -0.563. The summed E-state index contributed by atoms with van der Waals surface area (Å²) < 4.78 is 5.61. The number of carbonyl (C=O) groups excluding carboxylic acids is 1. The van der Waals surface area contributed by atoms with Crippen LogP contribution >= 0.6 is 0 Å². The van der Waals surface area contributed by atoms with Crippen LogP contribution in [-0.2, 0) is 4.79 Å². The Bertz CT molecular complexity index is 385. The molecule has 14 heavy (non-hydrogen) atoms. The van der Waals surface area contributed by atoms with Gasteiger partial charge in [0.1, 0.15) is 17.3 Å². The van der Waals surface area contributed by atoms with Gasteiger partial charge in [0, 0.05) is 11.6 Å². The van der Waals surface area contributed by atoms with E-state index in [1.54, 1.807) is 6.07 Å². The van der Waals surface area contributed by atoms with Gasteiger partial charge in [0.2, 0.25) is 5.91 Å². The standard InChI is InChI=1S/C11H12NO2/c1-11(2)9(10(12)13)7-5-3-4-6-8(7)14-11/h3-5,9H,1-2H3,(H2,12,13). The number of primary amides is 1. The van der Waals surface area contributed by atoms with E-state index in [4.69, 9.17) is 10.5 Å². The molecule has 0 saturated heterocycles. The van der Waals surface area contributed by atoms with E-state index < -0.39 is 5.60 Å². The van der Waals surface area contributed by atoms with Gasteiger partial charge in [-0.05, 0) is 13.8 Å². The van der Waals surface area contributed by atoms with Gasteiger partial charge in [-0.2, -0.15) is 0 Å². The maximum Gasteiger partial charge on any atom is 0.229 e. The van der Waals surface area contributed by atoms with Crippen molar-refractivity contribution < 1.29 is 9.53 Å². The van der Waals surface area contributed by atoms with Crippen molar-refractivity contribution >= 4 is 5.91 Å². The maximum atomic E-state index is 11.3. The Balaban J connectivity index is 2.53. The molecular weight excluding hydrogens is 178 g/mol. The highest BCUT2D eigenvalue weighted by Crippen LogP contribution is 2.43. The first-order chi connectivity index (χ1) is 6.52. The Hall–Kier alpha value is -1.51. The number of ether oxygens (including phenoxy) is 1. The topological polar surface area (TPSA) is 52.3 Å². The van der Waals surface area contributed by atoms with Gasteiger partial charge in [-0.25, -0.2) is 0 Å². The molecule has 1 radical (unpaired) electrons. The highest BCUT2D eigenvalue weighted by molar-refractivity contribution is 5.85. The zero-order chi connectivity index (χ0) is 10.3. The molecule has 0 bridgehead atoms. The average molecular weight is 190 g/mol. The van der Waals surface area contributed by atoms with Crippen LogP contribution in [0.15, 0.2) is 18.2 Å². The maximum absolute atomic E-state index is 11.3. The summed E-state index contributed by atoms with van der Waals surface area (Å²) in [4.78, 5) is 11.3. The molecule has 0 spiro atoms. The van der Waals surface area contributed by atoms with Crippen LogP contribution in [0.5, 0.6) is 5.75 Å². The smallest absolute Gasteiger partial charge is 0.229 e. The van der Waals surface area contributed by atoms with Crippen LogP contribution in [0.2, 0.25) is 0 Å². The summed E-state index contributed by atoms with van der Waals surface area (Å²) in [6.45, 7) is 3.71. The summed E-state index contributed by atoms with van der Waals surface area (Å²) in [6.07, 6.45) is 0. The largest absolute Gasteiger partial charge is 0.486 e.